The van der Waals surface area contributed by atoms with Gasteiger partial charge >= 0.3 is 0 Å². The van der Waals surface area contributed by atoms with Gasteiger partial charge in [-0.3, -0.25) is 14.4 Å². The van der Waals surface area contributed by atoms with E-state index in [-0.39, 0.29) is 45.2 Å². The molecule has 10 nitrogen and oxygen atoms in total. The lowest BCUT2D eigenvalue weighted by Gasteiger charge is -2.35. The highest BCUT2D eigenvalue weighted by molar-refractivity contribution is 6.34. The third-order valence-electron chi connectivity index (χ3n) is 8.04. The molecule has 13 heteroatoms. The quantitative estimate of drug-likeness (QED) is 0.398. The van der Waals surface area contributed by atoms with Crippen LogP contribution in [0.1, 0.15) is 40.2 Å². The van der Waals surface area contributed by atoms with Crippen LogP contribution >= 0.6 is 11.6 Å². The second-order valence-corrected chi connectivity index (χ2v) is 11.1. The Morgan fingerprint density at radius 2 is 1.84 bits per heavy atom. The molecule has 2 saturated heterocycles. The first-order valence-electron chi connectivity index (χ1n) is 14.1. The summed E-state index contributed by atoms with van der Waals surface area (Å²) in [7, 11) is 2.74. The monoisotopic (exact) mass is 614 g/mol. The molecule has 2 aliphatic rings. The summed E-state index contributed by atoms with van der Waals surface area (Å²) in [4.78, 5) is 46.4. The summed E-state index contributed by atoms with van der Waals surface area (Å²) in [5.41, 5.74) is 0.719. The van der Waals surface area contributed by atoms with Crippen molar-refractivity contribution in [3.63, 3.8) is 0 Å². The predicted octanol–water partition coefficient (Wildman–Crippen LogP) is 3.95. The first-order chi connectivity index (χ1) is 20.7. The second-order valence-electron chi connectivity index (χ2n) is 10.7. The zero-order valence-corrected chi connectivity index (χ0v) is 24.7. The van der Waals surface area contributed by atoms with E-state index in [1.807, 2.05) is 4.90 Å². The Balaban J connectivity index is 1.19. The summed E-state index contributed by atoms with van der Waals surface area (Å²) in [5.74, 6) is -2.73. The van der Waals surface area contributed by atoms with Crippen molar-refractivity contribution in [1.29, 1.82) is 0 Å². The normalized spacial score (nSPS) is 16.8. The number of methoxy groups -OCH3 is 1. The van der Waals surface area contributed by atoms with Gasteiger partial charge in [0.05, 0.1) is 29.6 Å². The Kier molecular flexibility index (Phi) is 9.26. The van der Waals surface area contributed by atoms with Crippen LogP contribution in [0, 0.1) is 17.6 Å². The number of hydrogen-bond acceptors (Lipinski definition) is 6. The van der Waals surface area contributed by atoms with Gasteiger partial charge in [-0.2, -0.15) is 4.39 Å². The van der Waals surface area contributed by atoms with Crippen LogP contribution in [0.15, 0.2) is 36.5 Å². The minimum Gasteiger partial charge on any atom is -0.494 e. The minimum atomic E-state index is -1.14. The van der Waals surface area contributed by atoms with E-state index in [9.17, 15) is 23.2 Å². The minimum absolute atomic E-state index is 0.0470. The first kappa shape index (κ1) is 30.4. The molecule has 2 aromatic carbocycles. The molecule has 0 bridgehead atoms. The Labute approximate surface area is 252 Å². The maximum atomic E-state index is 14.6. The van der Waals surface area contributed by atoms with Crippen molar-refractivity contribution in [2.75, 3.05) is 51.7 Å². The molecular weight excluding hydrogens is 582 g/mol. The SMILES string of the molecule is COc1ccc(-c2cnc(C(=O)Nc3ccc(C(=O)N4CCN(C(=O)CCC5CCNC5)CC4)c(Cl)c3)n2C)c(F)c1F. The molecule has 1 unspecified atom stereocenters. The van der Waals surface area contributed by atoms with Gasteiger partial charge in [-0.1, -0.05) is 11.6 Å². The van der Waals surface area contributed by atoms with E-state index in [4.69, 9.17) is 16.3 Å². The van der Waals surface area contributed by atoms with Gasteiger partial charge in [-0.15, -0.1) is 0 Å². The molecule has 0 saturated carbocycles. The third-order valence-corrected chi connectivity index (χ3v) is 8.35. The van der Waals surface area contributed by atoms with Crippen LogP contribution in [0.3, 0.4) is 0 Å². The van der Waals surface area contributed by atoms with Crippen LogP contribution in [0.2, 0.25) is 5.02 Å². The predicted molar refractivity (Wildman–Crippen MR) is 157 cm³/mol. The number of halogens is 3. The molecule has 1 atom stereocenters. The molecule has 0 radical (unpaired) electrons. The smallest absolute Gasteiger partial charge is 0.291 e. The average molecular weight is 615 g/mol. The van der Waals surface area contributed by atoms with Crippen molar-refractivity contribution < 1.29 is 27.9 Å². The molecule has 5 rings (SSSR count). The molecule has 43 heavy (non-hydrogen) atoms. The summed E-state index contributed by atoms with van der Waals surface area (Å²) >= 11 is 6.45. The van der Waals surface area contributed by atoms with E-state index in [1.54, 1.807) is 11.0 Å². The summed E-state index contributed by atoms with van der Waals surface area (Å²) in [6.07, 6.45) is 3.78. The van der Waals surface area contributed by atoms with Gasteiger partial charge in [0, 0.05) is 50.9 Å². The van der Waals surface area contributed by atoms with Crippen molar-refractivity contribution in [3.8, 4) is 17.0 Å². The number of nitrogens with zero attached hydrogens (tertiary/aromatic N) is 4. The van der Waals surface area contributed by atoms with Crippen molar-refractivity contribution >= 4 is 35.0 Å². The number of rotatable bonds is 8. The lowest BCUT2D eigenvalue weighted by atomic mass is 10.0. The maximum Gasteiger partial charge on any atom is 0.291 e. The van der Waals surface area contributed by atoms with Crippen molar-refractivity contribution in [2.24, 2.45) is 13.0 Å². The van der Waals surface area contributed by atoms with Gasteiger partial charge in [0.1, 0.15) is 0 Å². The number of benzene rings is 2. The van der Waals surface area contributed by atoms with Gasteiger partial charge < -0.3 is 29.7 Å². The van der Waals surface area contributed by atoms with E-state index in [2.05, 4.69) is 15.6 Å². The van der Waals surface area contributed by atoms with Crippen LogP contribution in [-0.4, -0.2) is 83.5 Å². The van der Waals surface area contributed by atoms with Crippen LogP contribution < -0.4 is 15.4 Å². The van der Waals surface area contributed by atoms with Crippen molar-refractivity contribution in [3.05, 3.63) is 64.6 Å². The lowest BCUT2D eigenvalue weighted by molar-refractivity contribution is -0.133. The van der Waals surface area contributed by atoms with E-state index >= 15 is 0 Å². The molecular formula is C30H33ClF2N6O4. The highest BCUT2D eigenvalue weighted by Gasteiger charge is 2.27. The van der Waals surface area contributed by atoms with Crippen LogP contribution in [0.25, 0.3) is 11.3 Å². The average Bonchev–Trinajstić information content (AvgIpc) is 3.67. The molecule has 0 aliphatic carbocycles. The third kappa shape index (κ3) is 6.50. The summed E-state index contributed by atoms with van der Waals surface area (Å²) in [5, 5.41) is 6.15. The topological polar surface area (TPSA) is 109 Å². The highest BCUT2D eigenvalue weighted by Crippen LogP contribution is 2.30. The molecule has 3 amide bonds. The van der Waals surface area contributed by atoms with Crippen LogP contribution in [0.4, 0.5) is 14.5 Å². The number of ether oxygens (including phenoxy) is 1. The number of piperazine rings is 1. The fourth-order valence-electron chi connectivity index (χ4n) is 5.49. The summed E-state index contributed by atoms with van der Waals surface area (Å²) in [6, 6.07) is 7.19. The fraction of sp³-hybridized carbons (Fsp3) is 0.400. The Morgan fingerprint density at radius 1 is 1.09 bits per heavy atom. The zero-order valence-electron chi connectivity index (χ0n) is 24.0. The molecule has 2 fully saturated rings. The fourth-order valence-corrected chi connectivity index (χ4v) is 5.75. The largest absolute Gasteiger partial charge is 0.494 e. The first-order valence-corrected chi connectivity index (χ1v) is 14.5. The maximum absolute atomic E-state index is 14.6. The van der Waals surface area contributed by atoms with E-state index in [0.29, 0.717) is 44.2 Å². The number of anilines is 1. The molecule has 2 N–H and O–H groups in total. The van der Waals surface area contributed by atoms with Gasteiger partial charge in [-0.05, 0) is 62.2 Å². The Bertz CT molecular complexity index is 1530. The number of aromatic nitrogens is 2. The number of carbonyl (C=O) groups excluding carboxylic acids is 3. The number of amides is 3. The van der Waals surface area contributed by atoms with E-state index < -0.39 is 17.5 Å². The number of nitrogens with one attached hydrogen (secondary N) is 2. The number of imidazole rings is 1. The summed E-state index contributed by atoms with van der Waals surface area (Å²) < 4.78 is 35.0. The molecule has 1 aromatic heterocycles. The van der Waals surface area contributed by atoms with Gasteiger partial charge in [0.25, 0.3) is 11.8 Å². The number of carbonyl (C=O) groups is 3. The van der Waals surface area contributed by atoms with Gasteiger partial charge in [-0.25, -0.2) is 9.37 Å². The molecule has 0 spiro atoms. The summed E-state index contributed by atoms with van der Waals surface area (Å²) in [6.45, 7) is 3.74. The van der Waals surface area contributed by atoms with Crippen molar-refractivity contribution in [1.82, 2.24) is 24.7 Å². The standard InChI is InChI=1S/C30H33ClF2N6O4/c1-37-23(21-6-7-24(43-2)27(33)26(21)32)17-35-28(37)29(41)36-19-4-5-20(22(31)15-19)30(42)39-13-11-38(12-14-39)25(40)8-3-18-9-10-34-16-18/h4-7,15,17-18,34H,3,8-14,16H2,1-2H3,(H,36,41). The lowest BCUT2D eigenvalue weighted by Crippen LogP contribution is -2.50. The molecule has 3 heterocycles. The number of hydrogen-bond donors (Lipinski definition) is 2. The van der Waals surface area contributed by atoms with Crippen molar-refractivity contribution in [2.45, 2.75) is 19.3 Å². The molecule has 2 aliphatic heterocycles. The molecule has 228 valence electrons. The second kappa shape index (κ2) is 13.1. The van der Waals surface area contributed by atoms with Gasteiger partial charge in [0.15, 0.2) is 17.4 Å². The van der Waals surface area contributed by atoms with E-state index in [1.165, 1.54) is 49.2 Å². The van der Waals surface area contributed by atoms with Crippen LogP contribution in [0.5, 0.6) is 5.75 Å². The van der Waals surface area contributed by atoms with E-state index in [0.717, 1.165) is 25.9 Å². The Morgan fingerprint density at radius 3 is 2.51 bits per heavy atom. The zero-order chi connectivity index (χ0) is 30.7. The highest BCUT2D eigenvalue weighted by atomic mass is 35.5. The molecule has 3 aromatic rings. The Hall–Kier alpha value is -4.03. The van der Waals surface area contributed by atoms with Crippen LogP contribution in [-0.2, 0) is 11.8 Å². The van der Waals surface area contributed by atoms with Gasteiger partial charge in [0.2, 0.25) is 11.7 Å².